The molecule has 2 nitrogen and oxygen atoms in total. The van der Waals surface area contributed by atoms with E-state index in [1.807, 2.05) is 38.1 Å². The Morgan fingerprint density at radius 2 is 2.00 bits per heavy atom. The summed E-state index contributed by atoms with van der Waals surface area (Å²) in [5.74, 6) is 0.805. The summed E-state index contributed by atoms with van der Waals surface area (Å²) < 4.78 is 0. The van der Waals surface area contributed by atoms with Crippen LogP contribution in [0.4, 0.5) is 0 Å². The summed E-state index contributed by atoms with van der Waals surface area (Å²) in [5.41, 5.74) is 3.82. The summed E-state index contributed by atoms with van der Waals surface area (Å²) in [6.07, 6.45) is 4.18. The minimum atomic E-state index is 0.689. The van der Waals surface area contributed by atoms with E-state index in [1.54, 1.807) is 11.8 Å². The van der Waals surface area contributed by atoms with Gasteiger partial charge in [-0.1, -0.05) is 42.5 Å². The maximum atomic E-state index is 9.20. The molecule has 0 saturated heterocycles. The van der Waals surface area contributed by atoms with Crippen molar-refractivity contribution in [3.63, 3.8) is 0 Å². The Kier molecular flexibility index (Phi) is 4.97. The minimum absolute atomic E-state index is 0.689. The van der Waals surface area contributed by atoms with Crippen LogP contribution in [0.3, 0.4) is 0 Å². The first-order valence-electron chi connectivity index (χ1n) is 6.43. The van der Waals surface area contributed by atoms with Crippen molar-refractivity contribution in [3.05, 3.63) is 64.9 Å². The predicted octanol–water partition coefficient (Wildman–Crippen LogP) is 4.38. The van der Waals surface area contributed by atoms with Crippen molar-refractivity contribution in [1.29, 1.82) is 5.26 Å². The fourth-order valence-corrected chi connectivity index (χ4v) is 2.83. The third kappa shape index (κ3) is 3.72. The van der Waals surface area contributed by atoms with E-state index < -0.39 is 0 Å². The van der Waals surface area contributed by atoms with Gasteiger partial charge in [-0.2, -0.15) is 5.26 Å². The molecule has 0 fully saturated rings. The highest BCUT2D eigenvalue weighted by Crippen LogP contribution is 2.23. The van der Waals surface area contributed by atoms with Gasteiger partial charge < -0.3 is 0 Å². The number of hydrogen-bond acceptors (Lipinski definition) is 3. The summed E-state index contributed by atoms with van der Waals surface area (Å²) in [6, 6.07) is 14.4. The molecule has 0 aliphatic rings. The summed E-state index contributed by atoms with van der Waals surface area (Å²) >= 11 is 1.60. The van der Waals surface area contributed by atoms with Gasteiger partial charge in [0, 0.05) is 11.4 Å². The van der Waals surface area contributed by atoms with Gasteiger partial charge in [0.1, 0.15) is 11.1 Å². The summed E-state index contributed by atoms with van der Waals surface area (Å²) in [4.78, 5) is 4.46. The number of pyridine rings is 1. The van der Waals surface area contributed by atoms with Crippen molar-refractivity contribution in [2.45, 2.75) is 18.9 Å². The summed E-state index contributed by atoms with van der Waals surface area (Å²) in [5, 5.41) is 10.0. The second-order valence-corrected chi connectivity index (χ2v) is 5.51. The van der Waals surface area contributed by atoms with E-state index in [-0.39, 0.29) is 0 Å². The lowest BCUT2D eigenvalue weighted by Gasteiger charge is -2.05. The van der Waals surface area contributed by atoms with Crippen LogP contribution in [-0.2, 0) is 0 Å². The second kappa shape index (κ2) is 6.93. The van der Waals surface area contributed by atoms with Gasteiger partial charge >= 0.3 is 0 Å². The molecule has 1 aromatic carbocycles. The number of rotatable bonds is 4. The number of hydrogen-bond donors (Lipinski definition) is 0. The highest BCUT2D eigenvalue weighted by atomic mass is 32.2. The zero-order chi connectivity index (χ0) is 14.4. The van der Waals surface area contributed by atoms with Crippen molar-refractivity contribution in [2.75, 3.05) is 5.75 Å². The number of aryl methyl sites for hydroxylation is 2. The standard InChI is InChI=1S/C17H16N2S/c1-13-11-14(2)19-17(16(13)12-18)20-10-6-9-15-7-4-3-5-8-15/h3-9,11H,10H2,1-2H3/b9-6+. The van der Waals surface area contributed by atoms with E-state index in [0.29, 0.717) is 5.56 Å². The Morgan fingerprint density at radius 1 is 1.25 bits per heavy atom. The maximum absolute atomic E-state index is 9.20. The molecule has 0 unspecified atom stereocenters. The van der Waals surface area contributed by atoms with Gasteiger partial charge in [0.2, 0.25) is 0 Å². The average molecular weight is 280 g/mol. The Hall–Kier alpha value is -2.05. The van der Waals surface area contributed by atoms with E-state index in [1.165, 1.54) is 5.56 Å². The number of benzene rings is 1. The molecule has 0 spiro atoms. The van der Waals surface area contributed by atoms with Crippen LogP contribution in [0.15, 0.2) is 47.5 Å². The van der Waals surface area contributed by atoms with Crippen LogP contribution in [0, 0.1) is 25.2 Å². The van der Waals surface area contributed by atoms with Gasteiger partial charge in [-0.15, -0.1) is 11.8 Å². The van der Waals surface area contributed by atoms with Crippen molar-refractivity contribution in [1.82, 2.24) is 4.98 Å². The zero-order valence-corrected chi connectivity index (χ0v) is 12.4. The highest BCUT2D eigenvalue weighted by Gasteiger charge is 2.07. The molecule has 3 heteroatoms. The molecule has 0 aliphatic carbocycles. The largest absolute Gasteiger partial charge is 0.245 e. The van der Waals surface area contributed by atoms with E-state index in [4.69, 9.17) is 0 Å². The van der Waals surface area contributed by atoms with Crippen molar-refractivity contribution < 1.29 is 0 Å². The van der Waals surface area contributed by atoms with Crippen molar-refractivity contribution >= 4 is 17.8 Å². The number of aromatic nitrogens is 1. The molecule has 100 valence electrons. The highest BCUT2D eigenvalue weighted by molar-refractivity contribution is 7.99. The Balaban J connectivity index is 2.05. The van der Waals surface area contributed by atoms with Crippen LogP contribution >= 0.6 is 11.8 Å². The van der Waals surface area contributed by atoms with Gasteiger partial charge in [-0.3, -0.25) is 0 Å². The summed E-state index contributed by atoms with van der Waals surface area (Å²) in [7, 11) is 0. The lowest BCUT2D eigenvalue weighted by molar-refractivity contribution is 1.03. The Labute approximate surface area is 124 Å². The van der Waals surface area contributed by atoms with Gasteiger partial charge in [0.15, 0.2) is 0 Å². The van der Waals surface area contributed by atoms with E-state index in [0.717, 1.165) is 22.0 Å². The summed E-state index contributed by atoms with van der Waals surface area (Å²) in [6.45, 7) is 3.91. The first kappa shape index (κ1) is 14.4. The molecule has 0 radical (unpaired) electrons. The molecular weight excluding hydrogens is 264 g/mol. The Bertz CT molecular complexity index is 655. The molecule has 0 saturated carbocycles. The van der Waals surface area contributed by atoms with Crippen molar-refractivity contribution in [2.24, 2.45) is 0 Å². The van der Waals surface area contributed by atoms with Gasteiger partial charge in [-0.25, -0.2) is 4.98 Å². The molecule has 1 heterocycles. The van der Waals surface area contributed by atoms with Crippen LogP contribution in [-0.4, -0.2) is 10.7 Å². The lowest BCUT2D eigenvalue weighted by Crippen LogP contribution is -1.94. The van der Waals surface area contributed by atoms with Crippen LogP contribution in [0.25, 0.3) is 6.08 Å². The molecule has 0 amide bonds. The molecule has 1 aromatic heterocycles. The van der Waals surface area contributed by atoms with Gasteiger partial charge in [-0.05, 0) is 31.0 Å². The third-order valence-corrected chi connectivity index (χ3v) is 3.78. The topological polar surface area (TPSA) is 36.7 Å². The molecule has 0 bridgehead atoms. The molecular formula is C17H16N2S. The molecule has 20 heavy (non-hydrogen) atoms. The van der Waals surface area contributed by atoms with E-state index in [2.05, 4.69) is 35.3 Å². The fraction of sp³-hybridized carbons (Fsp3) is 0.176. The molecule has 0 N–H and O–H groups in total. The first-order valence-corrected chi connectivity index (χ1v) is 7.42. The van der Waals surface area contributed by atoms with Crippen LogP contribution < -0.4 is 0 Å². The average Bonchev–Trinajstić information content (AvgIpc) is 2.44. The first-order chi connectivity index (χ1) is 9.70. The maximum Gasteiger partial charge on any atom is 0.115 e. The predicted molar refractivity (Wildman–Crippen MR) is 84.6 cm³/mol. The quantitative estimate of drug-likeness (QED) is 0.780. The zero-order valence-electron chi connectivity index (χ0n) is 11.6. The van der Waals surface area contributed by atoms with Crippen LogP contribution in [0.1, 0.15) is 22.4 Å². The van der Waals surface area contributed by atoms with Crippen LogP contribution in [0.2, 0.25) is 0 Å². The molecule has 2 rings (SSSR count). The molecule has 2 aromatic rings. The number of nitriles is 1. The third-order valence-electron chi connectivity index (χ3n) is 2.85. The normalized spacial score (nSPS) is 10.7. The smallest absolute Gasteiger partial charge is 0.115 e. The van der Waals surface area contributed by atoms with Crippen LogP contribution in [0.5, 0.6) is 0 Å². The fourth-order valence-electron chi connectivity index (χ4n) is 1.92. The lowest BCUT2D eigenvalue weighted by atomic mass is 10.1. The molecule has 0 atom stereocenters. The van der Waals surface area contributed by atoms with E-state index in [9.17, 15) is 5.26 Å². The SMILES string of the molecule is Cc1cc(C)c(C#N)c(SC/C=C/c2ccccc2)n1. The minimum Gasteiger partial charge on any atom is -0.245 e. The number of nitrogens with zero attached hydrogens (tertiary/aromatic N) is 2. The molecule has 0 aliphatic heterocycles. The van der Waals surface area contributed by atoms with Gasteiger partial charge in [0.05, 0.1) is 5.56 Å². The monoisotopic (exact) mass is 280 g/mol. The van der Waals surface area contributed by atoms with Crippen molar-refractivity contribution in [3.8, 4) is 6.07 Å². The van der Waals surface area contributed by atoms with E-state index >= 15 is 0 Å². The second-order valence-electron chi connectivity index (χ2n) is 4.50. The number of thioether (sulfide) groups is 1. The van der Waals surface area contributed by atoms with Gasteiger partial charge in [0.25, 0.3) is 0 Å². The Morgan fingerprint density at radius 3 is 2.70 bits per heavy atom.